The molecule has 1 unspecified atom stereocenters. The van der Waals surface area contributed by atoms with Crippen LogP contribution in [0.4, 0.5) is 0 Å². The maximum absolute atomic E-state index is 10.4. The van der Waals surface area contributed by atoms with Gasteiger partial charge >= 0.3 is 0 Å². The van der Waals surface area contributed by atoms with Crippen LogP contribution in [0.2, 0.25) is 0 Å². The summed E-state index contributed by atoms with van der Waals surface area (Å²) in [5.41, 5.74) is 2.91. The zero-order chi connectivity index (χ0) is 13.0. The minimum absolute atomic E-state index is 0.606. The van der Waals surface area contributed by atoms with Crippen LogP contribution < -0.4 is 4.74 Å². The molecule has 0 aliphatic heterocycles. The summed E-state index contributed by atoms with van der Waals surface area (Å²) in [6.07, 6.45) is -0.606. The Morgan fingerprint density at radius 2 is 1.72 bits per heavy atom. The Morgan fingerprint density at radius 3 is 2.39 bits per heavy atom. The van der Waals surface area contributed by atoms with E-state index in [9.17, 15) is 5.11 Å². The standard InChI is InChI=1S/C16H18O2/c1-3-18-15-9-5-8-14(11-15)16(17)13-7-4-6-12(2)10-13/h4-11,16-17H,3H2,1-2H3. The Bertz CT molecular complexity index is 520. The first-order valence-corrected chi connectivity index (χ1v) is 6.18. The Hall–Kier alpha value is -1.80. The van der Waals surface area contributed by atoms with E-state index in [-0.39, 0.29) is 0 Å². The van der Waals surface area contributed by atoms with Gasteiger partial charge in [0.25, 0.3) is 0 Å². The van der Waals surface area contributed by atoms with Crippen LogP contribution in [0.25, 0.3) is 0 Å². The monoisotopic (exact) mass is 242 g/mol. The van der Waals surface area contributed by atoms with Crippen molar-refractivity contribution >= 4 is 0 Å². The zero-order valence-electron chi connectivity index (χ0n) is 10.8. The Kier molecular flexibility index (Phi) is 4.00. The van der Waals surface area contributed by atoms with Gasteiger partial charge in [-0.3, -0.25) is 0 Å². The predicted molar refractivity (Wildman–Crippen MR) is 72.9 cm³/mol. The highest BCUT2D eigenvalue weighted by Gasteiger charge is 2.11. The molecule has 0 saturated carbocycles. The molecule has 0 amide bonds. The van der Waals surface area contributed by atoms with Crippen molar-refractivity contribution in [3.05, 3.63) is 65.2 Å². The molecule has 0 aliphatic carbocycles. The van der Waals surface area contributed by atoms with Gasteiger partial charge in [-0.05, 0) is 37.1 Å². The molecule has 2 nitrogen and oxygen atoms in total. The van der Waals surface area contributed by atoms with Crippen molar-refractivity contribution in [1.82, 2.24) is 0 Å². The Labute approximate surface area is 108 Å². The van der Waals surface area contributed by atoms with Crippen molar-refractivity contribution in [3.63, 3.8) is 0 Å². The molecule has 94 valence electrons. The highest BCUT2D eigenvalue weighted by atomic mass is 16.5. The number of aliphatic hydroxyl groups excluding tert-OH is 1. The van der Waals surface area contributed by atoms with E-state index >= 15 is 0 Å². The highest BCUT2D eigenvalue weighted by Crippen LogP contribution is 2.25. The number of benzene rings is 2. The van der Waals surface area contributed by atoms with E-state index in [1.54, 1.807) is 0 Å². The van der Waals surface area contributed by atoms with Gasteiger partial charge in [0.1, 0.15) is 11.9 Å². The topological polar surface area (TPSA) is 29.5 Å². The van der Waals surface area contributed by atoms with Gasteiger partial charge in [-0.15, -0.1) is 0 Å². The summed E-state index contributed by atoms with van der Waals surface area (Å²) < 4.78 is 5.45. The van der Waals surface area contributed by atoms with Gasteiger partial charge in [0, 0.05) is 0 Å². The van der Waals surface area contributed by atoms with Crippen LogP contribution in [0.3, 0.4) is 0 Å². The first-order valence-electron chi connectivity index (χ1n) is 6.18. The molecule has 0 saturated heterocycles. The Balaban J connectivity index is 2.27. The van der Waals surface area contributed by atoms with Crippen molar-refractivity contribution in [2.24, 2.45) is 0 Å². The van der Waals surface area contributed by atoms with E-state index in [2.05, 4.69) is 0 Å². The lowest BCUT2D eigenvalue weighted by Gasteiger charge is -2.13. The van der Waals surface area contributed by atoms with Crippen LogP contribution in [0.15, 0.2) is 48.5 Å². The number of aryl methyl sites for hydroxylation is 1. The molecule has 0 spiro atoms. The number of aliphatic hydroxyl groups is 1. The van der Waals surface area contributed by atoms with Crippen LogP contribution in [-0.2, 0) is 0 Å². The van der Waals surface area contributed by atoms with Gasteiger partial charge in [-0.2, -0.15) is 0 Å². The first kappa shape index (κ1) is 12.7. The van der Waals surface area contributed by atoms with E-state index in [4.69, 9.17) is 4.74 Å². The zero-order valence-corrected chi connectivity index (χ0v) is 10.8. The van der Waals surface area contributed by atoms with Crippen LogP contribution in [0, 0.1) is 6.92 Å². The van der Waals surface area contributed by atoms with Gasteiger partial charge in [0.05, 0.1) is 6.61 Å². The third-order valence-corrected chi connectivity index (χ3v) is 2.84. The van der Waals surface area contributed by atoms with Gasteiger partial charge < -0.3 is 9.84 Å². The second-order valence-corrected chi connectivity index (χ2v) is 4.32. The molecule has 0 fully saturated rings. The molecule has 0 aromatic heterocycles. The summed E-state index contributed by atoms with van der Waals surface area (Å²) in [6, 6.07) is 15.5. The second-order valence-electron chi connectivity index (χ2n) is 4.32. The fourth-order valence-corrected chi connectivity index (χ4v) is 1.97. The number of hydrogen-bond acceptors (Lipinski definition) is 2. The Morgan fingerprint density at radius 1 is 1.06 bits per heavy atom. The van der Waals surface area contributed by atoms with Gasteiger partial charge in [0.2, 0.25) is 0 Å². The summed E-state index contributed by atoms with van der Waals surface area (Å²) in [7, 11) is 0. The first-order chi connectivity index (χ1) is 8.70. The third-order valence-electron chi connectivity index (χ3n) is 2.84. The highest BCUT2D eigenvalue weighted by molar-refractivity contribution is 5.36. The number of hydrogen-bond donors (Lipinski definition) is 1. The minimum Gasteiger partial charge on any atom is -0.494 e. The van der Waals surface area contributed by atoms with Crippen molar-refractivity contribution in [2.75, 3.05) is 6.61 Å². The molecular weight excluding hydrogens is 224 g/mol. The number of rotatable bonds is 4. The van der Waals surface area contributed by atoms with E-state index < -0.39 is 6.10 Å². The normalized spacial score (nSPS) is 12.2. The third kappa shape index (κ3) is 2.90. The largest absolute Gasteiger partial charge is 0.494 e. The summed E-state index contributed by atoms with van der Waals surface area (Å²) in [5.74, 6) is 0.793. The van der Waals surface area contributed by atoms with Gasteiger partial charge in [-0.25, -0.2) is 0 Å². The average molecular weight is 242 g/mol. The van der Waals surface area contributed by atoms with E-state index in [1.165, 1.54) is 0 Å². The van der Waals surface area contributed by atoms with Crippen LogP contribution in [0.1, 0.15) is 29.7 Å². The number of ether oxygens (including phenoxy) is 1. The molecule has 2 rings (SSSR count). The van der Waals surface area contributed by atoms with E-state index in [0.717, 1.165) is 22.4 Å². The van der Waals surface area contributed by atoms with Crippen LogP contribution in [0.5, 0.6) is 5.75 Å². The smallest absolute Gasteiger partial charge is 0.119 e. The van der Waals surface area contributed by atoms with E-state index in [1.807, 2.05) is 62.4 Å². The maximum Gasteiger partial charge on any atom is 0.119 e. The lowest BCUT2D eigenvalue weighted by Crippen LogP contribution is -2.01. The quantitative estimate of drug-likeness (QED) is 0.889. The fourth-order valence-electron chi connectivity index (χ4n) is 1.97. The molecule has 1 N–H and O–H groups in total. The molecule has 2 aromatic rings. The average Bonchev–Trinajstić information content (AvgIpc) is 2.39. The van der Waals surface area contributed by atoms with Crippen molar-refractivity contribution in [3.8, 4) is 5.75 Å². The SMILES string of the molecule is CCOc1cccc(C(O)c2cccc(C)c2)c1. The molecule has 1 atom stereocenters. The van der Waals surface area contributed by atoms with Crippen LogP contribution >= 0.6 is 0 Å². The lowest BCUT2D eigenvalue weighted by molar-refractivity contribution is 0.219. The predicted octanol–water partition coefficient (Wildman–Crippen LogP) is 3.48. The summed E-state index contributed by atoms with van der Waals surface area (Å²) >= 11 is 0. The van der Waals surface area contributed by atoms with E-state index in [0.29, 0.717) is 6.61 Å². The molecule has 2 aromatic carbocycles. The molecule has 0 bridgehead atoms. The molecule has 0 aliphatic rings. The minimum atomic E-state index is -0.606. The molecule has 0 heterocycles. The lowest BCUT2D eigenvalue weighted by atomic mass is 10.00. The van der Waals surface area contributed by atoms with Gasteiger partial charge in [0.15, 0.2) is 0 Å². The van der Waals surface area contributed by atoms with Crippen molar-refractivity contribution < 1.29 is 9.84 Å². The van der Waals surface area contributed by atoms with Crippen molar-refractivity contribution in [2.45, 2.75) is 20.0 Å². The molecule has 0 radical (unpaired) electrons. The summed E-state index contributed by atoms with van der Waals surface area (Å²) in [5, 5.41) is 10.4. The molecule has 2 heteroatoms. The fraction of sp³-hybridized carbons (Fsp3) is 0.250. The van der Waals surface area contributed by atoms with Crippen molar-refractivity contribution in [1.29, 1.82) is 0 Å². The molecular formula is C16H18O2. The summed E-state index contributed by atoms with van der Waals surface area (Å²) in [6.45, 7) is 4.60. The summed E-state index contributed by atoms with van der Waals surface area (Å²) in [4.78, 5) is 0. The van der Waals surface area contributed by atoms with Gasteiger partial charge in [-0.1, -0.05) is 42.0 Å². The van der Waals surface area contributed by atoms with Crippen LogP contribution in [-0.4, -0.2) is 11.7 Å². The second kappa shape index (κ2) is 5.69. The maximum atomic E-state index is 10.4. The molecule has 18 heavy (non-hydrogen) atoms.